The molecule has 2 rings (SSSR count). The zero-order valence-corrected chi connectivity index (χ0v) is 12.4. The molecule has 0 spiro atoms. The van der Waals surface area contributed by atoms with Crippen molar-refractivity contribution in [2.75, 3.05) is 7.05 Å². The maximum atomic E-state index is 12.3. The van der Waals surface area contributed by atoms with Gasteiger partial charge in [-0.2, -0.15) is 0 Å². The largest absolute Gasteiger partial charge is 0.339 e. The molecular weight excluding hydrogens is 234 g/mol. The Morgan fingerprint density at radius 1 is 1.26 bits per heavy atom. The van der Waals surface area contributed by atoms with Crippen molar-refractivity contribution in [1.82, 2.24) is 4.90 Å². The minimum atomic E-state index is 0.162. The number of rotatable bonds is 4. The molecule has 0 bridgehead atoms. The first kappa shape index (κ1) is 14.1. The smallest absolute Gasteiger partial charge is 0.223 e. The van der Waals surface area contributed by atoms with Crippen LogP contribution in [0, 0.1) is 12.8 Å². The van der Waals surface area contributed by atoms with Crippen molar-refractivity contribution in [3.05, 3.63) is 35.4 Å². The summed E-state index contributed by atoms with van der Waals surface area (Å²) in [5.74, 6) is 0.917. The number of benzene rings is 1. The van der Waals surface area contributed by atoms with E-state index in [0.717, 1.165) is 6.42 Å². The van der Waals surface area contributed by atoms with Gasteiger partial charge in [0.15, 0.2) is 0 Å². The van der Waals surface area contributed by atoms with Crippen molar-refractivity contribution in [3.63, 3.8) is 0 Å². The van der Waals surface area contributed by atoms with Crippen molar-refractivity contribution < 1.29 is 4.79 Å². The van der Waals surface area contributed by atoms with Crippen LogP contribution in [0.3, 0.4) is 0 Å². The SMILES string of the molecule is Cc1ccc(C(C)N(C)C(=O)CC2CCCC2)cc1. The van der Waals surface area contributed by atoms with Crippen LogP contribution in [-0.4, -0.2) is 17.9 Å². The number of hydrogen-bond donors (Lipinski definition) is 0. The summed E-state index contributed by atoms with van der Waals surface area (Å²) in [6.45, 7) is 4.20. The minimum Gasteiger partial charge on any atom is -0.339 e. The Labute approximate surface area is 116 Å². The fraction of sp³-hybridized carbons (Fsp3) is 0.588. The van der Waals surface area contributed by atoms with Gasteiger partial charge in [-0.1, -0.05) is 42.7 Å². The van der Waals surface area contributed by atoms with Crippen molar-refractivity contribution in [3.8, 4) is 0 Å². The molecule has 2 heteroatoms. The second-order valence-corrected chi connectivity index (χ2v) is 5.95. The highest BCUT2D eigenvalue weighted by molar-refractivity contribution is 5.76. The van der Waals surface area contributed by atoms with Crippen LogP contribution < -0.4 is 0 Å². The van der Waals surface area contributed by atoms with Gasteiger partial charge in [0.25, 0.3) is 0 Å². The minimum absolute atomic E-state index is 0.162. The molecule has 0 aliphatic heterocycles. The summed E-state index contributed by atoms with van der Waals surface area (Å²) >= 11 is 0. The van der Waals surface area contributed by atoms with E-state index in [-0.39, 0.29) is 6.04 Å². The number of amides is 1. The molecule has 19 heavy (non-hydrogen) atoms. The summed E-state index contributed by atoms with van der Waals surface area (Å²) < 4.78 is 0. The van der Waals surface area contributed by atoms with Crippen molar-refractivity contribution >= 4 is 5.91 Å². The molecule has 0 saturated heterocycles. The number of carbonyl (C=O) groups is 1. The summed E-state index contributed by atoms with van der Waals surface area (Å²) in [7, 11) is 1.93. The Morgan fingerprint density at radius 2 is 1.84 bits per heavy atom. The number of nitrogens with zero attached hydrogens (tertiary/aromatic N) is 1. The third kappa shape index (κ3) is 3.59. The maximum Gasteiger partial charge on any atom is 0.223 e. The molecule has 1 atom stereocenters. The maximum absolute atomic E-state index is 12.3. The standard InChI is InChI=1S/C17H25NO/c1-13-8-10-16(11-9-13)14(2)18(3)17(19)12-15-6-4-5-7-15/h8-11,14-15H,4-7,12H2,1-3H3. The average molecular weight is 259 g/mol. The van der Waals surface area contributed by atoms with Gasteiger partial charge in [0, 0.05) is 13.5 Å². The lowest BCUT2D eigenvalue weighted by atomic mass is 10.0. The molecule has 1 unspecified atom stereocenters. The molecule has 0 aromatic heterocycles. The highest BCUT2D eigenvalue weighted by Gasteiger charge is 2.23. The van der Waals surface area contributed by atoms with Gasteiger partial charge in [-0.05, 0) is 38.2 Å². The molecule has 1 fully saturated rings. The molecule has 2 nitrogen and oxygen atoms in total. The van der Waals surface area contributed by atoms with E-state index in [1.54, 1.807) is 0 Å². The van der Waals surface area contributed by atoms with E-state index in [9.17, 15) is 4.79 Å². The van der Waals surface area contributed by atoms with Gasteiger partial charge in [-0.3, -0.25) is 4.79 Å². The number of aryl methyl sites for hydroxylation is 1. The fourth-order valence-electron chi connectivity index (χ4n) is 2.89. The molecular formula is C17H25NO. The number of hydrogen-bond acceptors (Lipinski definition) is 1. The Morgan fingerprint density at radius 3 is 2.42 bits per heavy atom. The zero-order valence-electron chi connectivity index (χ0n) is 12.4. The predicted octanol–water partition coefficient (Wildman–Crippen LogP) is 4.09. The lowest BCUT2D eigenvalue weighted by molar-refractivity contribution is -0.132. The normalized spacial score (nSPS) is 17.4. The lowest BCUT2D eigenvalue weighted by Crippen LogP contribution is -2.30. The Bertz CT molecular complexity index is 417. The molecule has 1 aromatic rings. The number of carbonyl (C=O) groups excluding carboxylic acids is 1. The van der Waals surface area contributed by atoms with Crippen LogP contribution in [0.25, 0.3) is 0 Å². The molecule has 1 aromatic carbocycles. The van der Waals surface area contributed by atoms with Crippen LogP contribution in [0.15, 0.2) is 24.3 Å². The molecule has 104 valence electrons. The molecule has 0 radical (unpaired) electrons. The van der Waals surface area contributed by atoms with E-state index in [1.165, 1.54) is 36.8 Å². The summed E-state index contributed by atoms with van der Waals surface area (Å²) in [6.07, 6.45) is 5.80. The molecule has 0 N–H and O–H groups in total. The van der Waals surface area contributed by atoms with Gasteiger partial charge < -0.3 is 4.90 Å². The molecule has 1 aliphatic carbocycles. The Balaban J connectivity index is 1.95. The van der Waals surface area contributed by atoms with E-state index >= 15 is 0 Å². The van der Waals surface area contributed by atoms with E-state index in [2.05, 4.69) is 38.1 Å². The highest BCUT2D eigenvalue weighted by atomic mass is 16.2. The van der Waals surface area contributed by atoms with Gasteiger partial charge in [-0.15, -0.1) is 0 Å². The summed E-state index contributed by atoms with van der Waals surface area (Å²) in [4.78, 5) is 14.2. The van der Waals surface area contributed by atoms with Crippen LogP contribution in [0.1, 0.15) is 56.2 Å². The monoisotopic (exact) mass is 259 g/mol. The van der Waals surface area contributed by atoms with E-state index < -0.39 is 0 Å². The molecule has 1 amide bonds. The van der Waals surface area contributed by atoms with Crippen LogP contribution in [0.2, 0.25) is 0 Å². The van der Waals surface area contributed by atoms with Crippen LogP contribution in [0.5, 0.6) is 0 Å². The van der Waals surface area contributed by atoms with E-state index in [1.807, 2.05) is 11.9 Å². The van der Waals surface area contributed by atoms with Crippen molar-refractivity contribution in [2.24, 2.45) is 5.92 Å². The second kappa shape index (κ2) is 6.23. The van der Waals surface area contributed by atoms with Crippen molar-refractivity contribution in [2.45, 2.75) is 52.0 Å². The Kier molecular flexibility index (Phi) is 4.62. The van der Waals surface area contributed by atoms with Gasteiger partial charge in [0.05, 0.1) is 6.04 Å². The van der Waals surface area contributed by atoms with Crippen LogP contribution in [-0.2, 0) is 4.79 Å². The third-order valence-electron chi connectivity index (χ3n) is 4.47. The summed E-state index contributed by atoms with van der Waals surface area (Å²) in [5, 5.41) is 0. The van der Waals surface area contributed by atoms with E-state index in [4.69, 9.17) is 0 Å². The van der Waals surface area contributed by atoms with Gasteiger partial charge >= 0.3 is 0 Å². The fourth-order valence-corrected chi connectivity index (χ4v) is 2.89. The quantitative estimate of drug-likeness (QED) is 0.797. The summed E-state index contributed by atoms with van der Waals surface area (Å²) in [6, 6.07) is 8.63. The highest BCUT2D eigenvalue weighted by Crippen LogP contribution is 2.29. The first-order valence-electron chi connectivity index (χ1n) is 7.40. The second-order valence-electron chi connectivity index (χ2n) is 5.95. The van der Waals surface area contributed by atoms with Crippen LogP contribution in [0.4, 0.5) is 0 Å². The van der Waals surface area contributed by atoms with Crippen molar-refractivity contribution in [1.29, 1.82) is 0 Å². The van der Waals surface area contributed by atoms with E-state index in [0.29, 0.717) is 11.8 Å². The van der Waals surface area contributed by atoms with Gasteiger partial charge in [-0.25, -0.2) is 0 Å². The summed E-state index contributed by atoms with van der Waals surface area (Å²) in [5.41, 5.74) is 2.48. The lowest BCUT2D eigenvalue weighted by Gasteiger charge is -2.26. The first-order valence-corrected chi connectivity index (χ1v) is 7.40. The predicted molar refractivity (Wildman–Crippen MR) is 78.9 cm³/mol. The topological polar surface area (TPSA) is 20.3 Å². The molecule has 1 aliphatic rings. The average Bonchev–Trinajstić information content (AvgIpc) is 2.90. The van der Waals surface area contributed by atoms with Gasteiger partial charge in [0.1, 0.15) is 0 Å². The zero-order chi connectivity index (χ0) is 13.8. The first-order chi connectivity index (χ1) is 9.08. The van der Waals surface area contributed by atoms with Crippen LogP contribution >= 0.6 is 0 Å². The van der Waals surface area contributed by atoms with Gasteiger partial charge in [0.2, 0.25) is 5.91 Å². The third-order valence-corrected chi connectivity index (χ3v) is 4.47. The Hall–Kier alpha value is -1.31. The molecule has 0 heterocycles. The molecule has 1 saturated carbocycles.